The van der Waals surface area contributed by atoms with Crippen LogP contribution in [0.1, 0.15) is 31.4 Å². The van der Waals surface area contributed by atoms with Gasteiger partial charge in [-0.25, -0.2) is 9.78 Å². The summed E-state index contributed by atoms with van der Waals surface area (Å²) in [5.41, 5.74) is 1.58. The predicted molar refractivity (Wildman–Crippen MR) is 105 cm³/mol. The third-order valence-corrected chi connectivity index (χ3v) is 4.99. The van der Waals surface area contributed by atoms with Crippen molar-refractivity contribution < 1.29 is 28.5 Å². The van der Waals surface area contributed by atoms with Crippen LogP contribution in [0.15, 0.2) is 47.8 Å². The molecule has 1 aliphatic rings. The molecule has 0 aliphatic carbocycles. The summed E-state index contributed by atoms with van der Waals surface area (Å²) in [6.45, 7) is 2.06. The number of fused-ring (bicyclic) bond motifs is 1. The fourth-order valence-corrected chi connectivity index (χ4v) is 3.28. The van der Waals surface area contributed by atoms with E-state index in [1.54, 1.807) is 53.8 Å². The van der Waals surface area contributed by atoms with E-state index in [1.165, 1.54) is 0 Å². The first-order valence-corrected chi connectivity index (χ1v) is 9.70. The van der Waals surface area contributed by atoms with Gasteiger partial charge in [-0.15, -0.1) is 11.3 Å². The van der Waals surface area contributed by atoms with Crippen LogP contribution in [0.4, 0.5) is 0 Å². The van der Waals surface area contributed by atoms with Crippen molar-refractivity contribution in [1.82, 2.24) is 4.98 Å². The van der Waals surface area contributed by atoms with Gasteiger partial charge in [0.25, 0.3) is 0 Å². The topological polar surface area (TPSA) is 84.0 Å². The fourth-order valence-electron chi connectivity index (χ4n) is 2.69. The zero-order chi connectivity index (χ0) is 20.2. The van der Waals surface area contributed by atoms with E-state index in [0.29, 0.717) is 35.0 Å². The monoisotopic (exact) mass is 411 g/mol. The first-order valence-electron chi connectivity index (χ1n) is 8.82. The maximum atomic E-state index is 12.3. The van der Waals surface area contributed by atoms with Crippen LogP contribution in [0.2, 0.25) is 0 Å². The normalized spacial score (nSPS) is 11.9. The molecule has 7 nitrogen and oxygen atoms in total. The molecule has 29 heavy (non-hydrogen) atoms. The van der Waals surface area contributed by atoms with Crippen molar-refractivity contribution in [3.8, 4) is 17.2 Å². The zero-order valence-electron chi connectivity index (χ0n) is 15.5. The average Bonchev–Trinajstić information content (AvgIpc) is 3.38. The molecule has 0 fully saturated rings. The van der Waals surface area contributed by atoms with Crippen molar-refractivity contribution in [2.24, 2.45) is 0 Å². The number of aromatic nitrogens is 1. The first kappa shape index (κ1) is 18.9. The van der Waals surface area contributed by atoms with Gasteiger partial charge in [-0.05, 0) is 49.4 Å². The third-order valence-electron chi connectivity index (χ3n) is 4.17. The Hall–Kier alpha value is -3.39. The molecule has 148 valence electrons. The molecule has 2 heterocycles. The van der Waals surface area contributed by atoms with Crippen molar-refractivity contribution in [3.63, 3.8) is 0 Å². The average molecular weight is 411 g/mol. The summed E-state index contributed by atoms with van der Waals surface area (Å²) in [6.07, 6.45) is 0. The minimum absolute atomic E-state index is 0.130. The number of ketones is 1. The number of thiazole rings is 1. The van der Waals surface area contributed by atoms with E-state index in [2.05, 4.69) is 4.98 Å². The smallest absolute Gasteiger partial charge is 0.338 e. The van der Waals surface area contributed by atoms with E-state index in [-0.39, 0.29) is 19.2 Å². The molecule has 0 bridgehead atoms. The van der Waals surface area contributed by atoms with Gasteiger partial charge < -0.3 is 18.9 Å². The SMILES string of the molecule is Cc1nc(COc2ccc(C(=O)OCC(=O)c3ccc4c(c3)OCO4)cc2)cs1. The van der Waals surface area contributed by atoms with Crippen molar-refractivity contribution >= 4 is 23.1 Å². The summed E-state index contributed by atoms with van der Waals surface area (Å²) < 4.78 is 21.2. The molecule has 2 aromatic carbocycles. The number of aryl methyl sites for hydroxylation is 1. The van der Waals surface area contributed by atoms with Gasteiger partial charge in [0.1, 0.15) is 12.4 Å². The molecule has 0 N–H and O–H groups in total. The van der Waals surface area contributed by atoms with E-state index >= 15 is 0 Å². The lowest BCUT2D eigenvalue weighted by molar-refractivity contribution is 0.0474. The van der Waals surface area contributed by atoms with Crippen molar-refractivity contribution in [2.75, 3.05) is 13.4 Å². The molecule has 0 saturated carbocycles. The summed E-state index contributed by atoms with van der Waals surface area (Å²) in [6, 6.07) is 11.4. The van der Waals surface area contributed by atoms with Crippen LogP contribution in [0, 0.1) is 6.92 Å². The van der Waals surface area contributed by atoms with Crippen LogP contribution in [-0.4, -0.2) is 30.1 Å². The number of benzene rings is 2. The first-order chi connectivity index (χ1) is 14.1. The van der Waals surface area contributed by atoms with Crippen LogP contribution in [0.3, 0.4) is 0 Å². The Kier molecular flexibility index (Phi) is 5.44. The molecule has 1 aromatic heterocycles. The van der Waals surface area contributed by atoms with Crippen LogP contribution in [0.5, 0.6) is 17.2 Å². The second-order valence-electron chi connectivity index (χ2n) is 6.24. The molecule has 8 heteroatoms. The Balaban J connectivity index is 1.29. The predicted octanol–water partition coefficient (Wildman–Crippen LogP) is 3.80. The van der Waals surface area contributed by atoms with E-state index in [4.69, 9.17) is 18.9 Å². The van der Waals surface area contributed by atoms with Crippen LogP contribution in [-0.2, 0) is 11.3 Å². The number of nitrogens with zero attached hydrogens (tertiary/aromatic N) is 1. The highest BCUT2D eigenvalue weighted by Crippen LogP contribution is 2.32. The molecule has 4 rings (SSSR count). The molecular formula is C21H17NO6S. The molecule has 1 aliphatic heterocycles. The molecule has 0 radical (unpaired) electrons. The summed E-state index contributed by atoms with van der Waals surface area (Å²) in [4.78, 5) is 28.8. The van der Waals surface area contributed by atoms with Gasteiger partial charge in [0, 0.05) is 10.9 Å². The van der Waals surface area contributed by atoms with Crippen LogP contribution >= 0.6 is 11.3 Å². The van der Waals surface area contributed by atoms with Crippen molar-refractivity contribution in [1.29, 1.82) is 0 Å². The highest BCUT2D eigenvalue weighted by molar-refractivity contribution is 7.09. The van der Waals surface area contributed by atoms with Crippen LogP contribution < -0.4 is 14.2 Å². The van der Waals surface area contributed by atoms with E-state index in [9.17, 15) is 9.59 Å². The number of Topliss-reactive ketones (excluding diaryl/α,β-unsaturated/α-hetero) is 1. The number of carbonyl (C=O) groups is 2. The van der Waals surface area contributed by atoms with Gasteiger partial charge in [0.2, 0.25) is 6.79 Å². The Labute approximate surface area is 170 Å². The largest absolute Gasteiger partial charge is 0.487 e. The maximum absolute atomic E-state index is 12.3. The quantitative estimate of drug-likeness (QED) is 0.432. The second kappa shape index (κ2) is 8.32. The van der Waals surface area contributed by atoms with Gasteiger partial charge >= 0.3 is 5.97 Å². The molecule has 0 atom stereocenters. The van der Waals surface area contributed by atoms with Crippen LogP contribution in [0.25, 0.3) is 0 Å². The summed E-state index contributed by atoms with van der Waals surface area (Å²) in [5.74, 6) is 0.802. The zero-order valence-corrected chi connectivity index (χ0v) is 16.4. The lowest BCUT2D eigenvalue weighted by atomic mass is 10.1. The minimum Gasteiger partial charge on any atom is -0.487 e. The molecule has 0 spiro atoms. The maximum Gasteiger partial charge on any atom is 0.338 e. The summed E-state index contributed by atoms with van der Waals surface area (Å²) in [5, 5.41) is 2.93. The number of hydrogen-bond donors (Lipinski definition) is 0. The fraction of sp³-hybridized carbons (Fsp3) is 0.190. The van der Waals surface area contributed by atoms with E-state index in [1.807, 2.05) is 12.3 Å². The standard InChI is InChI=1S/C21H17NO6S/c1-13-22-16(11-29-13)9-25-17-5-2-14(3-6-17)21(24)26-10-18(23)15-4-7-19-20(8-15)28-12-27-19/h2-8,11H,9-10,12H2,1H3. The van der Waals surface area contributed by atoms with Gasteiger partial charge in [-0.1, -0.05) is 0 Å². The second-order valence-corrected chi connectivity index (χ2v) is 7.30. The summed E-state index contributed by atoms with van der Waals surface area (Å²) in [7, 11) is 0. The lowest BCUT2D eigenvalue weighted by Gasteiger charge is -2.07. The number of rotatable bonds is 7. The number of ether oxygens (including phenoxy) is 4. The van der Waals surface area contributed by atoms with Gasteiger partial charge in [0.05, 0.1) is 16.3 Å². The number of carbonyl (C=O) groups excluding carboxylic acids is 2. The highest BCUT2D eigenvalue weighted by atomic mass is 32.1. The van der Waals surface area contributed by atoms with E-state index in [0.717, 1.165) is 10.7 Å². The van der Waals surface area contributed by atoms with Crippen molar-refractivity contribution in [3.05, 3.63) is 69.7 Å². The summed E-state index contributed by atoms with van der Waals surface area (Å²) >= 11 is 1.56. The Morgan fingerprint density at radius 1 is 1.07 bits per heavy atom. The van der Waals surface area contributed by atoms with Crippen molar-refractivity contribution in [2.45, 2.75) is 13.5 Å². The minimum atomic E-state index is -0.583. The molecule has 0 amide bonds. The highest BCUT2D eigenvalue weighted by Gasteiger charge is 2.17. The lowest BCUT2D eigenvalue weighted by Crippen LogP contribution is -2.14. The van der Waals surface area contributed by atoms with Gasteiger partial charge in [-0.3, -0.25) is 4.79 Å². The third kappa shape index (κ3) is 4.55. The molecule has 0 unspecified atom stereocenters. The number of hydrogen-bond acceptors (Lipinski definition) is 8. The Bertz CT molecular complexity index is 1040. The molecular weight excluding hydrogens is 394 g/mol. The van der Waals surface area contributed by atoms with Gasteiger partial charge in [0.15, 0.2) is 23.9 Å². The Morgan fingerprint density at radius 3 is 2.59 bits per heavy atom. The van der Waals surface area contributed by atoms with Gasteiger partial charge in [-0.2, -0.15) is 0 Å². The number of esters is 1. The van der Waals surface area contributed by atoms with E-state index < -0.39 is 5.97 Å². The molecule has 3 aromatic rings. The molecule has 0 saturated heterocycles. The Morgan fingerprint density at radius 2 is 1.83 bits per heavy atom.